The van der Waals surface area contributed by atoms with Crippen molar-refractivity contribution in [3.05, 3.63) is 33.9 Å². The van der Waals surface area contributed by atoms with Crippen LogP contribution in [0.2, 0.25) is 0 Å². The molecule has 0 amide bonds. The van der Waals surface area contributed by atoms with Gasteiger partial charge in [0.25, 0.3) is 5.69 Å². The van der Waals surface area contributed by atoms with Crippen molar-refractivity contribution < 1.29 is 13.7 Å². The first-order chi connectivity index (χ1) is 9.43. The van der Waals surface area contributed by atoms with E-state index in [9.17, 15) is 18.9 Å². The Morgan fingerprint density at radius 2 is 2.00 bits per heavy atom. The zero-order chi connectivity index (χ0) is 14.9. The number of hydrogen-bond acceptors (Lipinski definition) is 4. The van der Waals surface area contributed by atoms with Crippen molar-refractivity contribution in [3.63, 3.8) is 0 Å². The predicted octanol–water partition coefficient (Wildman–Crippen LogP) is 2.44. The van der Waals surface area contributed by atoms with Gasteiger partial charge in [-0.1, -0.05) is 0 Å². The van der Waals surface area contributed by atoms with Crippen LogP contribution in [0.3, 0.4) is 0 Å². The highest BCUT2D eigenvalue weighted by Gasteiger charge is 2.30. The van der Waals surface area contributed by atoms with Crippen LogP contribution < -0.4 is 10.6 Å². The lowest BCUT2D eigenvalue weighted by Gasteiger charge is -2.39. The molecule has 0 aromatic heterocycles. The van der Waals surface area contributed by atoms with Gasteiger partial charge in [0.05, 0.1) is 17.1 Å². The van der Waals surface area contributed by atoms with Crippen molar-refractivity contribution >= 4 is 11.4 Å². The van der Waals surface area contributed by atoms with Crippen molar-refractivity contribution in [3.8, 4) is 0 Å². The summed E-state index contributed by atoms with van der Waals surface area (Å²) < 4.78 is 28.1. The second-order valence-corrected chi connectivity index (χ2v) is 5.20. The number of nitro benzene ring substituents is 1. The van der Waals surface area contributed by atoms with Crippen LogP contribution in [-0.4, -0.2) is 24.1 Å². The van der Waals surface area contributed by atoms with Crippen molar-refractivity contribution in [2.45, 2.75) is 25.8 Å². The van der Waals surface area contributed by atoms with Crippen molar-refractivity contribution in [1.82, 2.24) is 0 Å². The summed E-state index contributed by atoms with van der Waals surface area (Å²) in [5.74, 6) is -1.62. The Balaban J connectivity index is 2.38. The molecule has 0 radical (unpaired) electrons. The number of nitrogens with two attached hydrogens (primary N) is 1. The Labute approximate surface area is 115 Å². The van der Waals surface area contributed by atoms with Gasteiger partial charge in [0.1, 0.15) is 5.69 Å². The van der Waals surface area contributed by atoms with Gasteiger partial charge in [0, 0.05) is 12.6 Å². The highest BCUT2D eigenvalue weighted by atomic mass is 19.1. The fourth-order valence-corrected chi connectivity index (χ4v) is 2.62. The van der Waals surface area contributed by atoms with Crippen molar-refractivity contribution in [2.24, 2.45) is 11.7 Å². The molecule has 110 valence electrons. The van der Waals surface area contributed by atoms with E-state index in [-0.39, 0.29) is 17.6 Å². The second kappa shape index (κ2) is 5.70. The summed E-state index contributed by atoms with van der Waals surface area (Å²) in [7, 11) is 0. The molecule has 1 saturated heterocycles. The lowest BCUT2D eigenvalue weighted by molar-refractivity contribution is -0.385. The highest BCUT2D eigenvalue weighted by Crippen LogP contribution is 2.33. The van der Waals surface area contributed by atoms with E-state index in [0.29, 0.717) is 13.1 Å². The average Bonchev–Trinajstić information content (AvgIpc) is 2.39. The minimum absolute atomic E-state index is 0.0248. The standard InChI is InChI=1S/C13H17F2N3O2/c1-8-2-3-9(6-16)7-17(8)13-11(14)4-10(18(19)20)5-12(13)15/h4-5,8-9H,2-3,6-7,16H2,1H3. The van der Waals surface area contributed by atoms with Gasteiger partial charge in [0.2, 0.25) is 0 Å². The number of anilines is 1. The van der Waals surface area contributed by atoms with E-state index in [1.54, 1.807) is 4.90 Å². The first-order valence-electron chi connectivity index (χ1n) is 6.54. The molecule has 0 bridgehead atoms. The van der Waals surface area contributed by atoms with Crippen LogP contribution in [0.4, 0.5) is 20.2 Å². The molecule has 1 aliphatic heterocycles. The van der Waals surface area contributed by atoms with Crippen molar-refractivity contribution in [2.75, 3.05) is 18.0 Å². The van der Waals surface area contributed by atoms with Gasteiger partial charge in [-0.2, -0.15) is 0 Å². The van der Waals surface area contributed by atoms with Gasteiger partial charge in [-0.05, 0) is 32.2 Å². The summed E-state index contributed by atoms with van der Waals surface area (Å²) in [4.78, 5) is 11.4. The highest BCUT2D eigenvalue weighted by molar-refractivity contribution is 5.54. The van der Waals surface area contributed by atoms with Gasteiger partial charge in [-0.25, -0.2) is 8.78 Å². The van der Waals surface area contributed by atoms with Crippen LogP contribution in [0, 0.1) is 27.7 Å². The largest absolute Gasteiger partial charge is 0.364 e. The summed E-state index contributed by atoms with van der Waals surface area (Å²) >= 11 is 0. The van der Waals surface area contributed by atoms with Crippen LogP contribution in [0.15, 0.2) is 12.1 Å². The quantitative estimate of drug-likeness (QED) is 0.684. The van der Waals surface area contributed by atoms with Crippen molar-refractivity contribution in [1.29, 1.82) is 0 Å². The molecule has 1 heterocycles. The number of non-ortho nitro benzene ring substituents is 1. The van der Waals surface area contributed by atoms with Gasteiger partial charge in [-0.15, -0.1) is 0 Å². The molecule has 2 unspecified atom stereocenters. The number of nitro groups is 1. The molecule has 5 nitrogen and oxygen atoms in total. The second-order valence-electron chi connectivity index (χ2n) is 5.20. The van der Waals surface area contributed by atoms with Crippen LogP contribution in [0.25, 0.3) is 0 Å². The van der Waals surface area contributed by atoms with Gasteiger partial charge in [-0.3, -0.25) is 10.1 Å². The van der Waals surface area contributed by atoms with E-state index in [1.165, 1.54) is 0 Å². The summed E-state index contributed by atoms with van der Waals surface area (Å²) in [5, 5.41) is 10.6. The molecule has 2 rings (SSSR count). The molecule has 2 N–H and O–H groups in total. The monoisotopic (exact) mass is 285 g/mol. The van der Waals surface area contributed by atoms with E-state index in [2.05, 4.69) is 0 Å². The first kappa shape index (κ1) is 14.6. The van der Waals surface area contributed by atoms with E-state index in [4.69, 9.17) is 5.73 Å². The third-order valence-electron chi connectivity index (χ3n) is 3.81. The van der Waals surface area contributed by atoms with Gasteiger partial charge < -0.3 is 10.6 Å². The average molecular weight is 285 g/mol. The molecule has 1 fully saturated rings. The van der Waals surface area contributed by atoms with Gasteiger partial charge >= 0.3 is 0 Å². The number of rotatable bonds is 3. The van der Waals surface area contributed by atoms with E-state index in [0.717, 1.165) is 25.0 Å². The lowest BCUT2D eigenvalue weighted by atomic mass is 9.93. The molecule has 20 heavy (non-hydrogen) atoms. The molecular weight excluding hydrogens is 268 g/mol. The fraction of sp³-hybridized carbons (Fsp3) is 0.538. The normalized spacial score (nSPS) is 22.9. The number of hydrogen-bond donors (Lipinski definition) is 1. The zero-order valence-electron chi connectivity index (χ0n) is 11.2. The topological polar surface area (TPSA) is 72.4 Å². The Morgan fingerprint density at radius 1 is 1.40 bits per heavy atom. The Kier molecular flexibility index (Phi) is 4.17. The maximum Gasteiger partial charge on any atom is 0.275 e. The minimum atomic E-state index is -0.902. The number of nitrogens with zero attached hydrogens (tertiary/aromatic N) is 2. The molecule has 0 saturated carbocycles. The van der Waals surface area contributed by atoms with Crippen LogP contribution in [0.5, 0.6) is 0 Å². The molecular formula is C13H17F2N3O2. The summed E-state index contributed by atoms with van der Waals surface area (Å²) in [6, 6.07) is 1.50. The third-order valence-corrected chi connectivity index (χ3v) is 3.81. The van der Waals surface area contributed by atoms with Crippen LogP contribution in [0.1, 0.15) is 19.8 Å². The predicted molar refractivity (Wildman–Crippen MR) is 71.6 cm³/mol. The molecule has 1 aliphatic rings. The Bertz CT molecular complexity index is 501. The number of halogens is 2. The summed E-state index contributed by atoms with van der Waals surface area (Å²) in [6.45, 7) is 2.80. The maximum absolute atomic E-state index is 14.0. The Morgan fingerprint density at radius 3 is 2.50 bits per heavy atom. The summed E-state index contributed by atoms with van der Waals surface area (Å²) in [6.07, 6.45) is 1.71. The van der Waals surface area contributed by atoms with E-state index < -0.39 is 22.2 Å². The smallest absolute Gasteiger partial charge is 0.275 e. The van der Waals surface area contributed by atoms with E-state index in [1.807, 2.05) is 6.92 Å². The third kappa shape index (κ3) is 2.72. The SMILES string of the molecule is CC1CCC(CN)CN1c1c(F)cc([N+](=O)[O-])cc1F. The molecule has 1 aromatic rings. The minimum Gasteiger partial charge on any atom is -0.364 e. The molecule has 7 heteroatoms. The zero-order valence-corrected chi connectivity index (χ0v) is 11.2. The first-order valence-corrected chi connectivity index (χ1v) is 6.54. The van der Waals surface area contributed by atoms with Crippen LogP contribution >= 0.6 is 0 Å². The summed E-state index contributed by atoms with van der Waals surface area (Å²) in [5.41, 5.74) is 4.85. The van der Waals surface area contributed by atoms with E-state index >= 15 is 0 Å². The maximum atomic E-state index is 14.0. The molecule has 1 aromatic carbocycles. The Hall–Kier alpha value is -1.76. The number of benzene rings is 1. The molecule has 2 atom stereocenters. The molecule has 0 spiro atoms. The lowest BCUT2D eigenvalue weighted by Crippen LogP contribution is -2.44. The van der Waals surface area contributed by atoms with Gasteiger partial charge in [0.15, 0.2) is 11.6 Å². The number of piperidine rings is 1. The van der Waals surface area contributed by atoms with Crippen LogP contribution in [-0.2, 0) is 0 Å². The molecule has 0 aliphatic carbocycles. The fourth-order valence-electron chi connectivity index (χ4n) is 2.62.